The molecule has 0 unspecified atom stereocenters. The molecule has 2 atom stereocenters. The third-order valence-corrected chi connectivity index (χ3v) is 6.46. The Hall–Kier alpha value is -4.44. The second-order valence-electron chi connectivity index (χ2n) is 8.11. The van der Waals surface area contributed by atoms with Crippen molar-refractivity contribution in [3.63, 3.8) is 0 Å². The highest BCUT2D eigenvalue weighted by Crippen LogP contribution is 2.45. The van der Waals surface area contributed by atoms with Gasteiger partial charge < -0.3 is 24.3 Å². The van der Waals surface area contributed by atoms with Crippen LogP contribution in [-0.2, 0) is 0 Å². The lowest BCUT2D eigenvalue weighted by Gasteiger charge is -2.30. The summed E-state index contributed by atoms with van der Waals surface area (Å²) in [5.41, 5.74) is 3.12. The number of thiocarbonyl (C=S) groups is 1. The first kappa shape index (κ1) is 23.3. The normalized spacial score (nSPS) is 17.1. The molecule has 1 aliphatic heterocycles. The molecular weight excluding hydrogens is 478 g/mol. The van der Waals surface area contributed by atoms with Gasteiger partial charge in [-0.3, -0.25) is 15.1 Å². The zero-order chi connectivity index (χ0) is 25.2. The number of hydrogen-bond donors (Lipinski definition) is 1. The number of nitrogens with zero attached hydrogens (tertiary/aromatic N) is 4. The molecule has 2 aromatic heterocycles. The molecule has 1 saturated heterocycles. The van der Waals surface area contributed by atoms with Gasteiger partial charge in [0.2, 0.25) is 0 Å². The van der Waals surface area contributed by atoms with Gasteiger partial charge in [-0.25, -0.2) is 0 Å². The molecule has 2 aromatic carbocycles. The van der Waals surface area contributed by atoms with E-state index in [0.29, 0.717) is 22.3 Å². The van der Waals surface area contributed by atoms with Crippen LogP contribution in [0.4, 0.5) is 11.4 Å². The lowest BCUT2D eigenvalue weighted by Crippen LogP contribution is -2.30. The first-order valence-electron chi connectivity index (χ1n) is 11.2. The molecule has 3 heterocycles. The predicted molar refractivity (Wildman–Crippen MR) is 140 cm³/mol. The lowest BCUT2D eigenvalue weighted by molar-refractivity contribution is -0.384. The van der Waals surface area contributed by atoms with Crippen LogP contribution in [0.3, 0.4) is 0 Å². The lowest BCUT2D eigenvalue weighted by atomic mass is 10.0. The molecule has 4 aromatic rings. The maximum absolute atomic E-state index is 11.4. The summed E-state index contributed by atoms with van der Waals surface area (Å²) in [6.07, 6.45) is 3.63. The van der Waals surface area contributed by atoms with E-state index in [0.717, 1.165) is 17.1 Å². The van der Waals surface area contributed by atoms with Gasteiger partial charge in [0, 0.05) is 36.3 Å². The number of ether oxygens (including phenoxy) is 2. The maximum atomic E-state index is 11.4. The molecule has 0 amide bonds. The highest BCUT2D eigenvalue weighted by Gasteiger charge is 2.43. The van der Waals surface area contributed by atoms with Gasteiger partial charge in [0.25, 0.3) is 5.69 Å². The fourth-order valence-corrected chi connectivity index (χ4v) is 4.86. The molecule has 0 radical (unpaired) electrons. The minimum absolute atomic E-state index is 0.0159. The Balaban J connectivity index is 1.69. The van der Waals surface area contributed by atoms with Crippen LogP contribution in [0.5, 0.6) is 11.5 Å². The third kappa shape index (κ3) is 4.11. The number of anilines is 1. The van der Waals surface area contributed by atoms with E-state index in [-0.39, 0.29) is 17.8 Å². The van der Waals surface area contributed by atoms with Crippen LogP contribution >= 0.6 is 12.2 Å². The number of nitrogens with one attached hydrogen (secondary N) is 1. The van der Waals surface area contributed by atoms with E-state index in [4.69, 9.17) is 21.7 Å². The van der Waals surface area contributed by atoms with E-state index in [1.54, 1.807) is 32.5 Å². The number of methoxy groups -OCH3 is 2. The maximum Gasteiger partial charge on any atom is 0.271 e. The first-order chi connectivity index (χ1) is 17.5. The van der Waals surface area contributed by atoms with E-state index >= 15 is 0 Å². The van der Waals surface area contributed by atoms with Crippen molar-refractivity contribution >= 4 is 28.7 Å². The number of nitro groups is 1. The van der Waals surface area contributed by atoms with Crippen LogP contribution in [0.2, 0.25) is 0 Å². The minimum Gasteiger partial charge on any atom is -0.497 e. The van der Waals surface area contributed by atoms with E-state index < -0.39 is 4.92 Å². The summed E-state index contributed by atoms with van der Waals surface area (Å²) < 4.78 is 13.0. The van der Waals surface area contributed by atoms with Crippen molar-refractivity contribution in [3.05, 3.63) is 107 Å². The van der Waals surface area contributed by atoms with Crippen LogP contribution in [-0.4, -0.2) is 33.8 Å². The molecule has 1 N–H and O–H groups in total. The molecule has 9 nitrogen and oxygen atoms in total. The van der Waals surface area contributed by atoms with Crippen molar-refractivity contribution in [2.24, 2.45) is 0 Å². The van der Waals surface area contributed by atoms with Crippen molar-refractivity contribution in [1.29, 1.82) is 0 Å². The van der Waals surface area contributed by atoms with Gasteiger partial charge in [0.05, 0.1) is 42.3 Å². The Bertz CT molecular complexity index is 1420. The number of non-ortho nitro benzene ring substituents is 1. The van der Waals surface area contributed by atoms with Crippen LogP contribution in [0.15, 0.2) is 85.2 Å². The summed E-state index contributed by atoms with van der Waals surface area (Å²) in [5.74, 6) is 1.25. The highest BCUT2D eigenvalue weighted by atomic mass is 32.1. The fourth-order valence-electron chi connectivity index (χ4n) is 4.53. The van der Waals surface area contributed by atoms with E-state index in [1.807, 2.05) is 70.3 Å². The summed E-state index contributed by atoms with van der Waals surface area (Å²) in [7, 11) is 3.20. The van der Waals surface area contributed by atoms with Gasteiger partial charge in [0.1, 0.15) is 17.5 Å². The van der Waals surface area contributed by atoms with Gasteiger partial charge in [-0.1, -0.05) is 12.1 Å². The molecule has 0 aliphatic carbocycles. The van der Waals surface area contributed by atoms with Crippen molar-refractivity contribution in [1.82, 2.24) is 14.9 Å². The topological polar surface area (TPSA) is 94.7 Å². The predicted octanol–water partition coefficient (Wildman–Crippen LogP) is 4.97. The zero-order valence-corrected chi connectivity index (χ0v) is 20.4. The van der Waals surface area contributed by atoms with E-state index in [2.05, 4.69) is 10.3 Å². The fraction of sp³-hybridized carbons (Fsp3) is 0.154. The van der Waals surface area contributed by atoms with Crippen molar-refractivity contribution in [2.45, 2.75) is 12.1 Å². The Kier molecular flexibility index (Phi) is 6.26. The quantitative estimate of drug-likeness (QED) is 0.215. The molecule has 36 heavy (non-hydrogen) atoms. The number of nitro benzene ring substituents is 1. The molecule has 1 aliphatic rings. The van der Waals surface area contributed by atoms with Gasteiger partial charge in [-0.15, -0.1) is 0 Å². The van der Waals surface area contributed by atoms with Crippen LogP contribution in [0.25, 0.3) is 5.69 Å². The number of aromatic nitrogens is 2. The second-order valence-corrected chi connectivity index (χ2v) is 8.50. The molecule has 0 saturated carbocycles. The van der Waals surface area contributed by atoms with Crippen molar-refractivity contribution in [2.75, 3.05) is 19.1 Å². The molecule has 182 valence electrons. The smallest absolute Gasteiger partial charge is 0.271 e. The molecule has 5 rings (SSSR count). The van der Waals surface area contributed by atoms with Gasteiger partial charge in [-0.2, -0.15) is 0 Å². The van der Waals surface area contributed by atoms with Crippen molar-refractivity contribution in [3.8, 4) is 17.2 Å². The highest BCUT2D eigenvalue weighted by molar-refractivity contribution is 7.80. The number of pyridine rings is 1. The first-order valence-corrected chi connectivity index (χ1v) is 11.6. The number of rotatable bonds is 7. The van der Waals surface area contributed by atoms with Crippen molar-refractivity contribution < 1.29 is 14.4 Å². The van der Waals surface area contributed by atoms with Gasteiger partial charge in [-0.05, 0) is 54.7 Å². The Morgan fingerprint density at radius 3 is 2.61 bits per heavy atom. The summed E-state index contributed by atoms with van der Waals surface area (Å²) in [5, 5.41) is 15.4. The zero-order valence-electron chi connectivity index (χ0n) is 19.6. The summed E-state index contributed by atoms with van der Waals surface area (Å²) in [6, 6.07) is 21.1. The molecular formula is C26H23N5O4S. The average Bonchev–Trinajstić information content (AvgIpc) is 3.53. The Labute approximate surface area is 213 Å². The summed E-state index contributed by atoms with van der Waals surface area (Å²) in [4.78, 5) is 17.6. The monoisotopic (exact) mass is 501 g/mol. The standard InChI is InChI=1S/C26H23N5O4S/c1-34-19-11-12-21(23(16-19)35-2)30-25(24(28-26(30)36)20-9-3-4-13-27-20)22-10-6-14-29(22)17-7-5-8-18(15-17)31(32)33/h3-16,24-25H,1-2H3,(H,28,36)/t24-,25+/m0/s1. The average molecular weight is 502 g/mol. The van der Waals surface area contributed by atoms with Gasteiger partial charge in [0.15, 0.2) is 5.11 Å². The van der Waals surface area contributed by atoms with Crippen LogP contribution in [0.1, 0.15) is 23.5 Å². The molecule has 0 spiro atoms. The summed E-state index contributed by atoms with van der Waals surface area (Å²) in [6.45, 7) is 0. The van der Waals surface area contributed by atoms with E-state index in [9.17, 15) is 10.1 Å². The van der Waals surface area contributed by atoms with Crippen LogP contribution < -0.4 is 19.7 Å². The molecule has 10 heteroatoms. The molecule has 1 fully saturated rings. The Morgan fingerprint density at radius 1 is 1.03 bits per heavy atom. The Morgan fingerprint density at radius 2 is 1.89 bits per heavy atom. The third-order valence-electron chi connectivity index (χ3n) is 6.15. The number of benzene rings is 2. The summed E-state index contributed by atoms with van der Waals surface area (Å²) >= 11 is 5.84. The van der Waals surface area contributed by atoms with E-state index in [1.165, 1.54) is 6.07 Å². The second kappa shape index (κ2) is 9.67. The van der Waals surface area contributed by atoms with Gasteiger partial charge >= 0.3 is 0 Å². The largest absolute Gasteiger partial charge is 0.497 e. The number of hydrogen-bond acceptors (Lipinski definition) is 6. The van der Waals surface area contributed by atoms with Crippen LogP contribution in [0, 0.1) is 10.1 Å². The SMILES string of the molecule is COc1ccc(N2C(=S)N[C@@H](c3ccccn3)[C@H]2c2cccn2-c2cccc([N+](=O)[O-])c2)c(OC)c1. The minimum atomic E-state index is -0.399. The molecule has 0 bridgehead atoms.